The predicted octanol–water partition coefficient (Wildman–Crippen LogP) is 5.16. The van der Waals surface area contributed by atoms with Gasteiger partial charge >= 0.3 is 6.18 Å². The quantitative estimate of drug-likeness (QED) is 0.260. The molecule has 0 spiro atoms. The first-order chi connectivity index (χ1) is 20.6. The second-order valence-corrected chi connectivity index (χ2v) is 11.0. The summed E-state index contributed by atoms with van der Waals surface area (Å²) in [5.41, 5.74) is 1.79. The van der Waals surface area contributed by atoms with Gasteiger partial charge in [0.05, 0.1) is 18.2 Å². The Kier molecular flexibility index (Phi) is 7.65. The molecule has 4 aromatic rings. The lowest BCUT2D eigenvalue weighted by molar-refractivity contribution is -0.138. The highest BCUT2D eigenvalue weighted by Crippen LogP contribution is 2.41. The second kappa shape index (κ2) is 11.4. The van der Waals surface area contributed by atoms with Crippen molar-refractivity contribution in [1.29, 1.82) is 0 Å². The third-order valence-corrected chi connectivity index (χ3v) is 8.09. The molecule has 2 aliphatic rings. The number of fused-ring (bicyclic) bond motifs is 1. The third-order valence-electron chi connectivity index (χ3n) is 8.09. The largest absolute Gasteiger partial charge is 0.416 e. The maximum absolute atomic E-state index is 14.3. The summed E-state index contributed by atoms with van der Waals surface area (Å²) in [7, 11) is 1.84. The lowest BCUT2D eigenvalue weighted by atomic mass is 9.98. The van der Waals surface area contributed by atoms with Gasteiger partial charge in [0.1, 0.15) is 18.0 Å². The van der Waals surface area contributed by atoms with Crippen molar-refractivity contribution < 1.29 is 23.1 Å². The number of nitrogens with one attached hydrogen (secondary N) is 2. The monoisotopic (exact) mass is 591 g/mol. The molecule has 43 heavy (non-hydrogen) atoms. The fraction of sp³-hybridized carbons (Fsp3) is 0.355. The first-order valence-electron chi connectivity index (χ1n) is 14.3. The molecule has 0 unspecified atom stereocenters. The van der Waals surface area contributed by atoms with E-state index in [2.05, 4.69) is 25.8 Å². The highest BCUT2D eigenvalue weighted by Gasteiger charge is 2.41. The summed E-state index contributed by atoms with van der Waals surface area (Å²) in [6, 6.07) is 13.6. The zero-order valence-electron chi connectivity index (χ0n) is 23.8. The van der Waals surface area contributed by atoms with Gasteiger partial charge in [-0.15, -0.1) is 10.2 Å². The number of carbonyl (C=O) groups excluding carboxylic acids is 1. The van der Waals surface area contributed by atoms with E-state index in [4.69, 9.17) is 0 Å². The Hall–Kier alpha value is -4.29. The maximum atomic E-state index is 14.3. The van der Waals surface area contributed by atoms with Crippen LogP contribution in [0.1, 0.15) is 53.2 Å². The van der Waals surface area contributed by atoms with Gasteiger partial charge in [-0.25, -0.2) is 4.98 Å². The van der Waals surface area contributed by atoms with Crippen molar-refractivity contribution in [2.45, 2.75) is 57.6 Å². The molecule has 0 saturated heterocycles. The Morgan fingerprint density at radius 3 is 2.53 bits per heavy atom. The van der Waals surface area contributed by atoms with E-state index >= 15 is 0 Å². The molecule has 12 heteroatoms. The van der Waals surface area contributed by atoms with E-state index in [1.807, 2.05) is 44.3 Å². The van der Waals surface area contributed by atoms with Crippen LogP contribution in [0.5, 0.6) is 0 Å². The first-order valence-corrected chi connectivity index (χ1v) is 14.3. The number of anilines is 2. The molecule has 2 aromatic heterocycles. The smallest absolute Gasteiger partial charge is 0.392 e. The van der Waals surface area contributed by atoms with Crippen molar-refractivity contribution in [1.82, 2.24) is 25.1 Å². The average Bonchev–Trinajstić information content (AvgIpc) is 3.69. The van der Waals surface area contributed by atoms with E-state index < -0.39 is 23.8 Å². The molecule has 9 nitrogen and oxygen atoms in total. The number of benzene rings is 2. The van der Waals surface area contributed by atoms with Gasteiger partial charge in [0.15, 0.2) is 5.82 Å². The Morgan fingerprint density at radius 1 is 1.07 bits per heavy atom. The maximum Gasteiger partial charge on any atom is 0.416 e. The molecule has 1 aliphatic heterocycles. The van der Waals surface area contributed by atoms with E-state index in [-0.39, 0.29) is 36.1 Å². The molecule has 224 valence electrons. The Labute approximate surface area is 246 Å². The van der Waals surface area contributed by atoms with Gasteiger partial charge < -0.3 is 20.3 Å². The fourth-order valence-electron chi connectivity index (χ4n) is 5.97. The van der Waals surface area contributed by atoms with Crippen LogP contribution in [0, 0.1) is 0 Å². The number of pyridine rings is 1. The van der Waals surface area contributed by atoms with Gasteiger partial charge in [0.25, 0.3) is 5.91 Å². The van der Waals surface area contributed by atoms with Gasteiger partial charge in [0, 0.05) is 37.3 Å². The number of nitrogens with zero attached hydrogens (tertiary/aromatic N) is 5. The van der Waals surface area contributed by atoms with Gasteiger partial charge in [-0.3, -0.25) is 9.69 Å². The van der Waals surface area contributed by atoms with Gasteiger partial charge in [0.2, 0.25) is 0 Å². The van der Waals surface area contributed by atoms with Crippen molar-refractivity contribution in [3.63, 3.8) is 0 Å². The highest BCUT2D eigenvalue weighted by molar-refractivity contribution is 6.10. The highest BCUT2D eigenvalue weighted by atomic mass is 19.4. The number of aryl methyl sites for hydroxylation is 1. The van der Waals surface area contributed by atoms with E-state index in [9.17, 15) is 23.1 Å². The molecule has 1 saturated carbocycles. The fourth-order valence-corrected chi connectivity index (χ4v) is 5.97. The van der Waals surface area contributed by atoms with Gasteiger partial charge in [-0.05, 0) is 72.7 Å². The summed E-state index contributed by atoms with van der Waals surface area (Å²) in [6.45, 7) is 2.32. The zero-order chi connectivity index (χ0) is 30.3. The summed E-state index contributed by atoms with van der Waals surface area (Å²) in [5, 5.41) is 24.7. The van der Waals surface area contributed by atoms with Crippen LogP contribution >= 0.6 is 0 Å². The van der Waals surface area contributed by atoms with E-state index in [0.29, 0.717) is 30.2 Å². The van der Waals surface area contributed by atoms with E-state index in [1.54, 1.807) is 17.0 Å². The molecule has 1 aliphatic carbocycles. The van der Waals surface area contributed by atoms with Crippen LogP contribution in [0.25, 0.3) is 22.5 Å². The first kappa shape index (κ1) is 28.8. The van der Waals surface area contributed by atoms with E-state index in [0.717, 1.165) is 35.6 Å². The van der Waals surface area contributed by atoms with Crippen LogP contribution in [-0.2, 0) is 26.3 Å². The number of aliphatic hydroxyl groups is 1. The number of amides is 1. The molecular weight excluding hydrogens is 559 g/mol. The SMILES string of the molecule is CCNc1cc(-c2ccccc2-c2nncn2C)cc(N2Cc3c(cc(CN[C@@H]4CCC[C@@H]4O)cc3C(F)(F)F)C2=O)n1. The molecule has 6 rings (SSSR count). The standard InChI is InChI=1S/C31H32F3N7O2/c1-3-35-27-13-19(20-7-4-5-8-21(20)29-39-37-17-40(29)2)14-28(38-27)41-16-23-22(30(41)43)11-18(12-24(23)31(32,33)34)15-36-25-9-6-10-26(25)42/h4-5,7-8,11-14,17,25-26,36,42H,3,6,9-10,15-16H2,1-2H3,(H,35,38)/t25-,26+/m1/s1. The van der Waals surface area contributed by atoms with Crippen LogP contribution in [-0.4, -0.2) is 49.5 Å². The van der Waals surface area contributed by atoms with Crippen LogP contribution in [0.4, 0.5) is 24.8 Å². The van der Waals surface area contributed by atoms with E-state index in [1.165, 1.54) is 11.0 Å². The molecule has 0 radical (unpaired) electrons. The third kappa shape index (κ3) is 5.59. The molecule has 3 N–H and O–H groups in total. The van der Waals surface area contributed by atoms with Gasteiger partial charge in [-0.2, -0.15) is 13.2 Å². The molecule has 3 heterocycles. The lowest BCUT2D eigenvalue weighted by Gasteiger charge is -2.19. The van der Waals surface area contributed by atoms with Crippen LogP contribution in [0.2, 0.25) is 0 Å². The minimum Gasteiger partial charge on any atom is -0.392 e. The minimum absolute atomic E-state index is 0.00952. The normalized spacial score (nSPS) is 18.4. The Morgan fingerprint density at radius 2 is 1.86 bits per heavy atom. The number of rotatable bonds is 8. The number of aliphatic hydroxyl groups excluding tert-OH is 1. The van der Waals surface area contributed by atoms with Crippen molar-refractivity contribution >= 4 is 17.5 Å². The predicted molar refractivity (Wildman–Crippen MR) is 156 cm³/mol. The second-order valence-electron chi connectivity index (χ2n) is 11.0. The minimum atomic E-state index is -4.65. The van der Waals surface area contributed by atoms with Crippen molar-refractivity contribution in [3.8, 4) is 22.5 Å². The summed E-state index contributed by atoms with van der Waals surface area (Å²) in [4.78, 5) is 19.7. The van der Waals surface area contributed by atoms with Crippen LogP contribution < -0.4 is 15.5 Å². The number of aromatic nitrogens is 4. The number of carbonyl (C=O) groups is 1. The number of alkyl halides is 3. The average molecular weight is 592 g/mol. The van der Waals surface area contributed by atoms with Gasteiger partial charge in [-0.1, -0.05) is 24.3 Å². The number of hydrogen-bond donors (Lipinski definition) is 3. The van der Waals surface area contributed by atoms with Crippen molar-refractivity contribution in [2.75, 3.05) is 16.8 Å². The molecule has 0 bridgehead atoms. The topological polar surface area (TPSA) is 108 Å². The summed E-state index contributed by atoms with van der Waals surface area (Å²) in [5.74, 6) is 0.827. The molecule has 1 fully saturated rings. The summed E-state index contributed by atoms with van der Waals surface area (Å²) >= 11 is 0. The van der Waals surface area contributed by atoms with Crippen molar-refractivity contribution in [3.05, 3.63) is 77.1 Å². The number of hydrogen-bond acceptors (Lipinski definition) is 7. The summed E-state index contributed by atoms with van der Waals surface area (Å²) < 4.78 is 44.7. The lowest BCUT2D eigenvalue weighted by Crippen LogP contribution is -2.35. The van der Waals surface area contributed by atoms with Crippen LogP contribution in [0.15, 0.2) is 54.9 Å². The Balaban J connectivity index is 1.39. The molecule has 1 amide bonds. The molecular formula is C31H32F3N7O2. The summed E-state index contributed by atoms with van der Waals surface area (Å²) in [6.07, 6.45) is -1.31. The van der Waals surface area contributed by atoms with Crippen LogP contribution in [0.3, 0.4) is 0 Å². The Bertz CT molecular complexity index is 1670. The molecule has 2 atom stereocenters. The number of halogens is 3. The molecule has 2 aromatic carbocycles. The zero-order valence-corrected chi connectivity index (χ0v) is 23.8. The van der Waals surface area contributed by atoms with Crippen molar-refractivity contribution in [2.24, 2.45) is 7.05 Å².